The monoisotopic (exact) mass is 464 g/mol. The molecule has 1 fully saturated rings. The molecule has 0 saturated carbocycles. The van der Waals surface area contributed by atoms with Crippen molar-refractivity contribution in [2.45, 2.75) is 0 Å². The molecule has 1 aliphatic rings. The predicted molar refractivity (Wildman–Crippen MR) is 133 cm³/mol. The third-order valence-electron chi connectivity index (χ3n) is 6.39. The van der Waals surface area contributed by atoms with E-state index in [0.717, 1.165) is 28.1 Å². The second-order valence-corrected chi connectivity index (χ2v) is 8.52. The van der Waals surface area contributed by atoms with Crippen molar-refractivity contribution >= 4 is 22.8 Å². The van der Waals surface area contributed by atoms with Gasteiger partial charge in [0.2, 0.25) is 0 Å². The SMILES string of the molecule is Cn1ncc2c(N3CCN(C(=O)c4cn(-c5ccccc5)nc4-c4ccccc4)CC3)ncnc21. The smallest absolute Gasteiger partial charge is 0.257 e. The average molecular weight is 465 g/mol. The van der Waals surface area contributed by atoms with E-state index in [-0.39, 0.29) is 5.91 Å². The molecule has 1 aliphatic heterocycles. The molecule has 0 spiro atoms. The van der Waals surface area contributed by atoms with E-state index in [1.54, 1.807) is 21.9 Å². The Bertz CT molecular complexity index is 1480. The molecule has 9 heteroatoms. The number of para-hydroxylation sites is 1. The van der Waals surface area contributed by atoms with Gasteiger partial charge in [-0.1, -0.05) is 48.5 Å². The summed E-state index contributed by atoms with van der Waals surface area (Å²) in [6.07, 6.45) is 5.21. The molecule has 0 unspecified atom stereocenters. The van der Waals surface area contributed by atoms with Crippen LogP contribution in [0.5, 0.6) is 0 Å². The molecule has 35 heavy (non-hydrogen) atoms. The lowest BCUT2D eigenvalue weighted by atomic mass is 10.1. The molecule has 2 aromatic carbocycles. The average Bonchev–Trinajstić information content (AvgIpc) is 3.54. The van der Waals surface area contributed by atoms with Crippen LogP contribution in [0.4, 0.5) is 5.82 Å². The molecular formula is C26H24N8O. The maximum absolute atomic E-state index is 13.7. The van der Waals surface area contributed by atoms with Gasteiger partial charge in [-0.05, 0) is 12.1 Å². The van der Waals surface area contributed by atoms with E-state index in [9.17, 15) is 4.79 Å². The number of benzene rings is 2. The number of nitrogens with zero attached hydrogens (tertiary/aromatic N) is 8. The van der Waals surface area contributed by atoms with Crippen LogP contribution >= 0.6 is 0 Å². The molecule has 0 aliphatic carbocycles. The van der Waals surface area contributed by atoms with Gasteiger partial charge >= 0.3 is 0 Å². The van der Waals surface area contributed by atoms with E-state index in [4.69, 9.17) is 5.10 Å². The molecular weight excluding hydrogens is 440 g/mol. The molecule has 0 N–H and O–H groups in total. The molecule has 1 saturated heterocycles. The molecule has 5 aromatic rings. The maximum atomic E-state index is 13.7. The molecule has 1 amide bonds. The zero-order valence-corrected chi connectivity index (χ0v) is 19.3. The van der Waals surface area contributed by atoms with Gasteiger partial charge in [-0.25, -0.2) is 14.6 Å². The zero-order chi connectivity index (χ0) is 23.8. The van der Waals surface area contributed by atoms with Gasteiger partial charge in [0.15, 0.2) is 5.65 Å². The van der Waals surface area contributed by atoms with Crippen LogP contribution in [0.1, 0.15) is 10.4 Å². The highest BCUT2D eigenvalue weighted by Gasteiger charge is 2.28. The Hall–Kier alpha value is -4.53. The van der Waals surface area contributed by atoms with Crippen LogP contribution in [0.15, 0.2) is 79.4 Å². The second-order valence-electron chi connectivity index (χ2n) is 8.52. The van der Waals surface area contributed by atoms with E-state index < -0.39 is 0 Å². The lowest BCUT2D eigenvalue weighted by Gasteiger charge is -2.35. The van der Waals surface area contributed by atoms with E-state index in [1.165, 1.54) is 0 Å². The summed E-state index contributed by atoms with van der Waals surface area (Å²) in [4.78, 5) is 26.6. The third-order valence-corrected chi connectivity index (χ3v) is 6.39. The first-order valence-electron chi connectivity index (χ1n) is 11.6. The Morgan fingerprint density at radius 1 is 0.886 bits per heavy atom. The summed E-state index contributed by atoms with van der Waals surface area (Å²) in [6.45, 7) is 2.55. The summed E-state index contributed by atoms with van der Waals surface area (Å²) in [5, 5.41) is 10.0. The second kappa shape index (κ2) is 8.68. The van der Waals surface area contributed by atoms with Crippen molar-refractivity contribution in [3.8, 4) is 16.9 Å². The Morgan fingerprint density at radius 2 is 1.60 bits per heavy atom. The number of hydrogen-bond acceptors (Lipinski definition) is 6. The molecule has 6 rings (SSSR count). The number of anilines is 1. The van der Waals surface area contributed by atoms with E-state index in [1.807, 2.05) is 78.8 Å². The van der Waals surface area contributed by atoms with Crippen molar-refractivity contribution in [1.29, 1.82) is 0 Å². The predicted octanol–water partition coefficient (Wildman–Crippen LogP) is 3.18. The van der Waals surface area contributed by atoms with Crippen LogP contribution in [-0.2, 0) is 7.05 Å². The van der Waals surface area contributed by atoms with Crippen molar-refractivity contribution in [3.05, 3.63) is 84.9 Å². The number of aromatic nitrogens is 6. The lowest BCUT2D eigenvalue weighted by molar-refractivity contribution is 0.0747. The molecule has 3 aromatic heterocycles. The summed E-state index contributed by atoms with van der Waals surface area (Å²) in [7, 11) is 1.87. The largest absolute Gasteiger partial charge is 0.352 e. The van der Waals surface area contributed by atoms with Gasteiger partial charge < -0.3 is 9.80 Å². The number of piperazine rings is 1. The molecule has 4 heterocycles. The first-order valence-corrected chi connectivity index (χ1v) is 11.6. The zero-order valence-electron chi connectivity index (χ0n) is 19.3. The fraction of sp³-hybridized carbons (Fsp3) is 0.192. The summed E-state index contributed by atoms with van der Waals surface area (Å²) in [6, 6.07) is 19.7. The minimum absolute atomic E-state index is 0.0140. The summed E-state index contributed by atoms with van der Waals surface area (Å²) in [5.41, 5.74) is 3.93. The Kier molecular flexibility index (Phi) is 5.21. The first kappa shape index (κ1) is 21.0. The van der Waals surface area contributed by atoms with Crippen molar-refractivity contribution in [2.75, 3.05) is 31.1 Å². The minimum Gasteiger partial charge on any atom is -0.352 e. The van der Waals surface area contributed by atoms with E-state index in [0.29, 0.717) is 37.4 Å². The fourth-order valence-corrected chi connectivity index (χ4v) is 4.55. The van der Waals surface area contributed by atoms with Crippen molar-refractivity contribution < 1.29 is 4.79 Å². The highest BCUT2D eigenvalue weighted by Crippen LogP contribution is 2.27. The van der Waals surface area contributed by atoms with E-state index in [2.05, 4.69) is 20.0 Å². The van der Waals surface area contributed by atoms with Crippen LogP contribution in [-0.4, -0.2) is 66.5 Å². The number of carbonyl (C=O) groups excluding carboxylic acids is 1. The molecule has 0 radical (unpaired) electrons. The van der Waals surface area contributed by atoms with Crippen LogP contribution in [0.2, 0.25) is 0 Å². The van der Waals surface area contributed by atoms with Gasteiger partial charge in [0.25, 0.3) is 5.91 Å². The van der Waals surface area contributed by atoms with Crippen molar-refractivity contribution in [1.82, 2.24) is 34.4 Å². The number of rotatable bonds is 4. The summed E-state index contributed by atoms with van der Waals surface area (Å²) >= 11 is 0. The van der Waals surface area contributed by atoms with Gasteiger partial charge in [0, 0.05) is 45.0 Å². The van der Waals surface area contributed by atoms with Crippen LogP contribution < -0.4 is 4.90 Å². The summed E-state index contributed by atoms with van der Waals surface area (Å²) < 4.78 is 3.53. The van der Waals surface area contributed by atoms with Gasteiger partial charge in [-0.15, -0.1) is 0 Å². The third kappa shape index (κ3) is 3.80. The highest BCUT2D eigenvalue weighted by atomic mass is 16.2. The Labute approximate surface area is 202 Å². The standard InChI is InChI=1S/C26H24N8O/c1-31-24-21(16-29-31)25(28-18-27-24)32-12-14-33(15-13-32)26(35)22-17-34(20-10-6-3-7-11-20)30-23(22)19-8-4-2-5-9-19/h2-11,16-18H,12-15H2,1H3. The van der Waals surface area contributed by atoms with Gasteiger partial charge in [-0.2, -0.15) is 10.2 Å². The van der Waals surface area contributed by atoms with Gasteiger partial charge in [0.05, 0.1) is 22.8 Å². The quantitative estimate of drug-likeness (QED) is 0.406. The molecule has 0 atom stereocenters. The number of aryl methyl sites for hydroxylation is 1. The topological polar surface area (TPSA) is 85.0 Å². The number of amides is 1. The normalized spacial score (nSPS) is 14.0. The van der Waals surface area contributed by atoms with Crippen LogP contribution in [0, 0.1) is 0 Å². The van der Waals surface area contributed by atoms with Crippen molar-refractivity contribution in [3.63, 3.8) is 0 Å². The Balaban J connectivity index is 1.27. The van der Waals surface area contributed by atoms with Crippen LogP contribution in [0.3, 0.4) is 0 Å². The lowest BCUT2D eigenvalue weighted by Crippen LogP contribution is -2.49. The Morgan fingerprint density at radius 3 is 2.34 bits per heavy atom. The van der Waals surface area contributed by atoms with Gasteiger partial charge in [0.1, 0.15) is 17.8 Å². The first-order chi connectivity index (χ1) is 17.2. The summed E-state index contributed by atoms with van der Waals surface area (Å²) in [5.74, 6) is 0.844. The van der Waals surface area contributed by atoms with Crippen LogP contribution in [0.25, 0.3) is 28.0 Å². The minimum atomic E-state index is -0.0140. The fourth-order valence-electron chi connectivity index (χ4n) is 4.55. The number of hydrogen-bond donors (Lipinski definition) is 0. The highest BCUT2D eigenvalue weighted by molar-refractivity contribution is 6.00. The van der Waals surface area contributed by atoms with Gasteiger partial charge in [-0.3, -0.25) is 9.48 Å². The number of carbonyl (C=O) groups is 1. The molecule has 9 nitrogen and oxygen atoms in total. The number of fused-ring (bicyclic) bond motifs is 1. The van der Waals surface area contributed by atoms with Crippen molar-refractivity contribution in [2.24, 2.45) is 7.05 Å². The van der Waals surface area contributed by atoms with E-state index >= 15 is 0 Å². The maximum Gasteiger partial charge on any atom is 0.257 e. The molecule has 0 bridgehead atoms. The molecule has 174 valence electrons.